The Labute approximate surface area is 112 Å². The molecule has 3 nitrogen and oxygen atoms in total. The van der Waals surface area contributed by atoms with Crippen LogP contribution in [0.2, 0.25) is 0 Å². The predicted octanol–water partition coefficient (Wildman–Crippen LogP) is 3.81. The Balaban J connectivity index is 4.22. The average molecular weight is 258 g/mol. The van der Waals surface area contributed by atoms with Gasteiger partial charge in [0, 0.05) is 13.5 Å². The maximum absolute atomic E-state index is 11.3. The largest absolute Gasteiger partial charge is 0.469 e. The molecular weight excluding hydrogens is 228 g/mol. The minimum atomic E-state index is -0.0937. The summed E-state index contributed by atoms with van der Waals surface area (Å²) >= 11 is 0. The van der Waals surface area contributed by atoms with E-state index in [1.54, 1.807) is 7.11 Å². The van der Waals surface area contributed by atoms with E-state index in [1.807, 2.05) is 0 Å². The van der Waals surface area contributed by atoms with Crippen LogP contribution >= 0.6 is 0 Å². The Bertz CT molecular complexity index is 216. The molecule has 0 fully saturated rings. The summed E-state index contributed by atoms with van der Waals surface area (Å²) in [5, 5.41) is 0. The first-order valence-corrected chi connectivity index (χ1v) is 7.14. The third-order valence-electron chi connectivity index (χ3n) is 3.80. The SMILES string of the molecule is CCCCC(CCC(C)OC)C(C)CC(=O)OC. The van der Waals surface area contributed by atoms with E-state index in [9.17, 15) is 4.79 Å². The Kier molecular flexibility index (Phi) is 10.0. The van der Waals surface area contributed by atoms with Gasteiger partial charge < -0.3 is 9.47 Å². The quantitative estimate of drug-likeness (QED) is 0.559. The van der Waals surface area contributed by atoms with Gasteiger partial charge in [-0.3, -0.25) is 4.79 Å². The minimum absolute atomic E-state index is 0.0937. The highest BCUT2D eigenvalue weighted by atomic mass is 16.5. The van der Waals surface area contributed by atoms with E-state index < -0.39 is 0 Å². The Morgan fingerprint density at radius 1 is 1.11 bits per heavy atom. The van der Waals surface area contributed by atoms with Crippen LogP contribution in [0.25, 0.3) is 0 Å². The molecule has 0 saturated heterocycles. The maximum atomic E-state index is 11.3. The monoisotopic (exact) mass is 258 g/mol. The summed E-state index contributed by atoms with van der Waals surface area (Å²) in [6.45, 7) is 6.47. The molecule has 0 aromatic rings. The first kappa shape index (κ1) is 17.4. The van der Waals surface area contributed by atoms with E-state index in [0.29, 0.717) is 24.4 Å². The molecule has 0 heterocycles. The highest BCUT2D eigenvalue weighted by molar-refractivity contribution is 5.69. The first-order valence-electron chi connectivity index (χ1n) is 7.14. The number of carbonyl (C=O) groups excluding carboxylic acids is 1. The van der Waals surface area contributed by atoms with Crippen LogP contribution in [0.4, 0.5) is 0 Å². The number of ether oxygens (including phenoxy) is 2. The summed E-state index contributed by atoms with van der Waals surface area (Å²) in [4.78, 5) is 11.3. The van der Waals surface area contributed by atoms with Crippen LogP contribution in [0, 0.1) is 11.8 Å². The molecule has 3 unspecified atom stereocenters. The lowest BCUT2D eigenvalue weighted by atomic mass is 9.83. The summed E-state index contributed by atoms with van der Waals surface area (Å²) in [5.74, 6) is 0.901. The van der Waals surface area contributed by atoms with Gasteiger partial charge in [0.2, 0.25) is 0 Å². The van der Waals surface area contributed by atoms with E-state index in [1.165, 1.54) is 26.4 Å². The van der Waals surface area contributed by atoms with Crippen molar-refractivity contribution in [2.24, 2.45) is 11.8 Å². The lowest BCUT2D eigenvalue weighted by Gasteiger charge is -2.24. The molecule has 3 heteroatoms. The van der Waals surface area contributed by atoms with Crippen molar-refractivity contribution in [3.63, 3.8) is 0 Å². The van der Waals surface area contributed by atoms with Crippen LogP contribution in [0.1, 0.15) is 59.3 Å². The zero-order valence-corrected chi connectivity index (χ0v) is 12.7. The second-order valence-corrected chi connectivity index (χ2v) is 5.28. The van der Waals surface area contributed by atoms with Gasteiger partial charge in [0.15, 0.2) is 0 Å². The molecule has 0 aliphatic carbocycles. The van der Waals surface area contributed by atoms with Gasteiger partial charge in [-0.1, -0.05) is 33.1 Å². The molecule has 0 bridgehead atoms. The minimum Gasteiger partial charge on any atom is -0.469 e. The number of methoxy groups -OCH3 is 2. The zero-order chi connectivity index (χ0) is 14.0. The van der Waals surface area contributed by atoms with Gasteiger partial charge in [0.05, 0.1) is 13.2 Å². The molecule has 18 heavy (non-hydrogen) atoms. The lowest BCUT2D eigenvalue weighted by Crippen LogP contribution is -2.19. The third kappa shape index (κ3) is 7.70. The fourth-order valence-corrected chi connectivity index (χ4v) is 2.26. The van der Waals surface area contributed by atoms with Crippen LogP contribution in [0.15, 0.2) is 0 Å². The van der Waals surface area contributed by atoms with Crippen LogP contribution < -0.4 is 0 Å². The van der Waals surface area contributed by atoms with Crippen molar-refractivity contribution in [1.29, 1.82) is 0 Å². The number of esters is 1. The van der Waals surface area contributed by atoms with Crippen LogP contribution in [0.3, 0.4) is 0 Å². The molecule has 0 aromatic carbocycles. The number of unbranched alkanes of at least 4 members (excludes halogenated alkanes) is 1. The van der Waals surface area contributed by atoms with E-state index in [2.05, 4.69) is 20.8 Å². The van der Waals surface area contributed by atoms with Crippen molar-refractivity contribution < 1.29 is 14.3 Å². The zero-order valence-electron chi connectivity index (χ0n) is 12.7. The Hall–Kier alpha value is -0.570. The smallest absolute Gasteiger partial charge is 0.305 e. The topological polar surface area (TPSA) is 35.5 Å². The van der Waals surface area contributed by atoms with E-state index in [0.717, 1.165) is 12.8 Å². The van der Waals surface area contributed by atoms with Crippen molar-refractivity contribution in [2.45, 2.75) is 65.4 Å². The molecule has 0 saturated carbocycles. The Morgan fingerprint density at radius 2 is 1.78 bits per heavy atom. The maximum Gasteiger partial charge on any atom is 0.305 e. The Morgan fingerprint density at radius 3 is 2.28 bits per heavy atom. The first-order chi connectivity index (χ1) is 8.54. The predicted molar refractivity (Wildman–Crippen MR) is 74.5 cm³/mol. The second-order valence-electron chi connectivity index (χ2n) is 5.28. The molecule has 0 aliphatic rings. The molecule has 0 aromatic heterocycles. The highest BCUT2D eigenvalue weighted by Crippen LogP contribution is 2.27. The van der Waals surface area contributed by atoms with E-state index in [4.69, 9.17) is 9.47 Å². The summed E-state index contributed by atoms with van der Waals surface area (Å²) < 4.78 is 10.1. The lowest BCUT2D eigenvalue weighted by molar-refractivity contribution is -0.142. The molecule has 0 N–H and O–H groups in total. The number of carbonyl (C=O) groups is 1. The van der Waals surface area contributed by atoms with Crippen molar-refractivity contribution >= 4 is 5.97 Å². The van der Waals surface area contributed by atoms with Gasteiger partial charge in [-0.2, -0.15) is 0 Å². The van der Waals surface area contributed by atoms with Gasteiger partial charge in [0.25, 0.3) is 0 Å². The van der Waals surface area contributed by atoms with E-state index >= 15 is 0 Å². The van der Waals surface area contributed by atoms with Gasteiger partial charge in [0.1, 0.15) is 0 Å². The van der Waals surface area contributed by atoms with Crippen molar-refractivity contribution in [2.75, 3.05) is 14.2 Å². The van der Waals surface area contributed by atoms with Gasteiger partial charge in [-0.25, -0.2) is 0 Å². The molecule has 0 amide bonds. The molecule has 108 valence electrons. The van der Waals surface area contributed by atoms with Crippen LogP contribution in [-0.4, -0.2) is 26.3 Å². The molecule has 0 aliphatic heterocycles. The number of hydrogen-bond donors (Lipinski definition) is 0. The molecule has 0 spiro atoms. The van der Waals surface area contributed by atoms with Gasteiger partial charge in [-0.05, 0) is 31.6 Å². The van der Waals surface area contributed by atoms with Crippen LogP contribution in [-0.2, 0) is 14.3 Å². The molecule has 0 rings (SSSR count). The average Bonchev–Trinajstić information content (AvgIpc) is 2.37. The number of rotatable bonds is 10. The number of hydrogen-bond acceptors (Lipinski definition) is 3. The summed E-state index contributed by atoms with van der Waals surface area (Å²) in [6.07, 6.45) is 6.68. The second kappa shape index (κ2) is 10.4. The third-order valence-corrected chi connectivity index (χ3v) is 3.80. The summed E-state index contributed by atoms with van der Waals surface area (Å²) in [6, 6.07) is 0. The molecule has 3 atom stereocenters. The van der Waals surface area contributed by atoms with Crippen molar-refractivity contribution in [3.05, 3.63) is 0 Å². The fraction of sp³-hybridized carbons (Fsp3) is 0.933. The summed E-state index contributed by atoms with van der Waals surface area (Å²) in [5.41, 5.74) is 0. The standard InChI is InChI=1S/C15H30O3/c1-6-7-8-14(10-9-13(3)17-4)12(2)11-15(16)18-5/h12-14H,6-11H2,1-5H3. The van der Waals surface area contributed by atoms with E-state index in [-0.39, 0.29) is 5.97 Å². The molecular formula is C15H30O3. The van der Waals surface area contributed by atoms with Crippen LogP contribution in [0.5, 0.6) is 0 Å². The van der Waals surface area contributed by atoms with Gasteiger partial charge >= 0.3 is 5.97 Å². The van der Waals surface area contributed by atoms with Crippen molar-refractivity contribution in [1.82, 2.24) is 0 Å². The highest BCUT2D eigenvalue weighted by Gasteiger charge is 2.20. The van der Waals surface area contributed by atoms with Gasteiger partial charge in [-0.15, -0.1) is 0 Å². The molecule has 0 radical (unpaired) electrons. The van der Waals surface area contributed by atoms with Crippen molar-refractivity contribution in [3.8, 4) is 0 Å². The normalized spacial score (nSPS) is 16.1. The fourth-order valence-electron chi connectivity index (χ4n) is 2.26. The summed E-state index contributed by atoms with van der Waals surface area (Å²) in [7, 11) is 3.21.